The fourth-order valence-corrected chi connectivity index (χ4v) is 1.91. The fourth-order valence-electron chi connectivity index (χ4n) is 1.68. The Labute approximate surface area is 124 Å². The molecule has 8 heteroatoms. The average Bonchev–Trinajstić information content (AvgIpc) is 2.83. The third-order valence-corrected chi connectivity index (χ3v) is 2.92. The summed E-state index contributed by atoms with van der Waals surface area (Å²) in [5.41, 5.74) is 0.0395. The number of hydrogen-bond acceptors (Lipinski definition) is 3. The van der Waals surface area contributed by atoms with Crippen molar-refractivity contribution in [2.75, 3.05) is 0 Å². The molecule has 0 aliphatic heterocycles. The fraction of sp³-hybridized carbons (Fsp3) is 0.385. The van der Waals surface area contributed by atoms with Crippen molar-refractivity contribution in [3.8, 4) is 5.69 Å². The van der Waals surface area contributed by atoms with Crippen LogP contribution < -0.4 is 5.32 Å². The van der Waals surface area contributed by atoms with Gasteiger partial charge in [-0.15, -0.1) is 5.10 Å². The summed E-state index contributed by atoms with van der Waals surface area (Å²) in [5, 5.41) is 10.9. The predicted octanol–water partition coefficient (Wildman–Crippen LogP) is 3.44. The molecule has 0 radical (unpaired) electrons. The minimum absolute atomic E-state index is 0.00261. The monoisotopic (exact) mass is 318 g/mol. The van der Waals surface area contributed by atoms with E-state index in [1.54, 1.807) is 6.20 Å². The zero-order valence-corrected chi connectivity index (χ0v) is 12.2. The number of rotatable bonds is 4. The normalized spacial score (nSPS) is 12.1. The van der Waals surface area contributed by atoms with Crippen molar-refractivity contribution in [1.29, 1.82) is 0 Å². The van der Waals surface area contributed by atoms with Gasteiger partial charge < -0.3 is 5.32 Å². The van der Waals surface area contributed by atoms with E-state index in [9.17, 15) is 13.2 Å². The lowest BCUT2D eigenvalue weighted by atomic mass is 10.2. The van der Waals surface area contributed by atoms with Crippen molar-refractivity contribution in [2.24, 2.45) is 0 Å². The molecule has 21 heavy (non-hydrogen) atoms. The van der Waals surface area contributed by atoms with Gasteiger partial charge in [0.1, 0.15) is 0 Å². The summed E-state index contributed by atoms with van der Waals surface area (Å²) >= 11 is 5.74. The molecular formula is C13H14ClF3N4. The van der Waals surface area contributed by atoms with Crippen molar-refractivity contribution in [3.05, 3.63) is 40.7 Å². The van der Waals surface area contributed by atoms with Gasteiger partial charge in [-0.3, -0.25) is 0 Å². The maximum atomic E-state index is 12.8. The van der Waals surface area contributed by atoms with Crippen molar-refractivity contribution in [2.45, 2.75) is 32.6 Å². The van der Waals surface area contributed by atoms with E-state index in [1.165, 1.54) is 10.7 Å². The highest BCUT2D eigenvalue weighted by Crippen LogP contribution is 2.32. The molecule has 114 valence electrons. The van der Waals surface area contributed by atoms with Crippen LogP contribution in [0.25, 0.3) is 5.69 Å². The van der Waals surface area contributed by atoms with Crippen LogP contribution in [0.4, 0.5) is 13.2 Å². The van der Waals surface area contributed by atoms with Crippen LogP contribution in [-0.2, 0) is 12.7 Å². The number of benzene rings is 1. The van der Waals surface area contributed by atoms with E-state index in [0.717, 1.165) is 12.1 Å². The van der Waals surface area contributed by atoms with Crippen LogP contribution in [-0.4, -0.2) is 21.0 Å². The van der Waals surface area contributed by atoms with E-state index < -0.39 is 11.7 Å². The van der Waals surface area contributed by atoms with Gasteiger partial charge in [0.2, 0.25) is 0 Å². The predicted molar refractivity (Wildman–Crippen MR) is 73.3 cm³/mol. The summed E-state index contributed by atoms with van der Waals surface area (Å²) in [5.74, 6) is 0. The van der Waals surface area contributed by atoms with Gasteiger partial charge >= 0.3 is 6.18 Å². The number of alkyl halides is 3. The summed E-state index contributed by atoms with van der Waals surface area (Å²) in [6.07, 6.45) is -2.89. The van der Waals surface area contributed by atoms with Crippen LogP contribution >= 0.6 is 11.6 Å². The van der Waals surface area contributed by atoms with Crippen LogP contribution in [0.5, 0.6) is 0 Å². The standard InChI is InChI=1S/C13H14ClF3N4/c1-8(2)18-6-11-7-21(20-19-11)12-4-9(13(15,16)17)3-10(14)5-12/h3-5,7-8,18H,6H2,1-2H3. The van der Waals surface area contributed by atoms with Gasteiger partial charge in [0, 0.05) is 17.6 Å². The molecular weight excluding hydrogens is 305 g/mol. The lowest BCUT2D eigenvalue weighted by Gasteiger charge is -2.09. The molecule has 0 amide bonds. The van der Waals surface area contributed by atoms with E-state index in [4.69, 9.17) is 11.6 Å². The van der Waals surface area contributed by atoms with Gasteiger partial charge in [-0.25, -0.2) is 4.68 Å². The van der Waals surface area contributed by atoms with Crippen molar-refractivity contribution < 1.29 is 13.2 Å². The molecule has 0 saturated heterocycles. The maximum absolute atomic E-state index is 12.8. The second-order valence-electron chi connectivity index (χ2n) is 4.89. The van der Waals surface area contributed by atoms with Crippen LogP contribution in [0.3, 0.4) is 0 Å². The summed E-state index contributed by atoms with van der Waals surface area (Å²) < 4.78 is 39.6. The van der Waals surface area contributed by atoms with Gasteiger partial charge in [-0.05, 0) is 18.2 Å². The number of hydrogen-bond donors (Lipinski definition) is 1. The molecule has 1 heterocycles. The maximum Gasteiger partial charge on any atom is 0.416 e. The second-order valence-corrected chi connectivity index (χ2v) is 5.32. The molecule has 0 fully saturated rings. The highest BCUT2D eigenvalue weighted by Gasteiger charge is 2.31. The highest BCUT2D eigenvalue weighted by molar-refractivity contribution is 6.30. The molecule has 2 aromatic rings. The molecule has 0 unspecified atom stereocenters. The van der Waals surface area contributed by atoms with E-state index in [0.29, 0.717) is 12.2 Å². The van der Waals surface area contributed by atoms with Crippen molar-refractivity contribution in [3.63, 3.8) is 0 Å². The van der Waals surface area contributed by atoms with Crippen LogP contribution in [0.15, 0.2) is 24.4 Å². The van der Waals surface area contributed by atoms with Gasteiger partial charge in [0.05, 0.1) is 23.1 Å². The molecule has 2 rings (SSSR count). The summed E-state index contributed by atoms with van der Waals surface area (Å²) in [7, 11) is 0. The molecule has 0 atom stereocenters. The molecule has 1 N–H and O–H groups in total. The molecule has 0 bridgehead atoms. The Kier molecular flexibility index (Phi) is 4.53. The first kappa shape index (κ1) is 15.8. The smallest absolute Gasteiger partial charge is 0.309 e. The van der Waals surface area contributed by atoms with Crippen LogP contribution in [0, 0.1) is 0 Å². The Balaban J connectivity index is 2.28. The quantitative estimate of drug-likeness (QED) is 0.939. The topological polar surface area (TPSA) is 42.7 Å². The third kappa shape index (κ3) is 4.18. The van der Waals surface area contributed by atoms with E-state index in [-0.39, 0.29) is 16.8 Å². The lowest BCUT2D eigenvalue weighted by Crippen LogP contribution is -2.21. The number of halogens is 4. The Morgan fingerprint density at radius 1 is 1.29 bits per heavy atom. The van der Waals surface area contributed by atoms with Crippen LogP contribution in [0.1, 0.15) is 25.1 Å². The lowest BCUT2D eigenvalue weighted by molar-refractivity contribution is -0.137. The zero-order valence-electron chi connectivity index (χ0n) is 11.4. The highest BCUT2D eigenvalue weighted by atomic mass is 35.5. The second kappa shape index (κ2) is 6.03. The Morgan fingerprint density at radius 2 is 2.00 bits per heavy atom. The summed E-state index contributed by atoms with van der Waals surface area (Å²) in [6, 6.07) is 3.55. The van der Waals surface area contributed by atoms with E-state index in [1.807, 2.05) is 13.8 Å². The van der Waals surface area contributed by atoms with Gasteiger partial charge in [0.15, 0.2) is 0 Å². The van der Waals surface area contributed by atoms with Gasteiger partial charge in [0.25, 0.3) is 0 Å². The third-order valence-electron chi connectivity index (χ3n) is 2.71. The summed E-state index contributed by atoms with van der Waals surface area (Å²) in [4.78, 5) is 0. The molecule has 1 aromatic carbocycles. The minimum Gasteiger partial charge on any atom is -0.309 e. The number of nitrogens with one attached hydrogen (secondary N) is 1. The summed E-state index contributed by atoms with van der Waals surface area (Å²) in [6.45, 7) is 4.46. The number of aromatic nitrogens is 3. The molecule has 0 saturated carbocycles. The van der Waals surface area contributed by atoms with E-state index >= 15 is 0 Å². The largest absolute Gasteiger partial charge is 0.416 e. The SMILES string of the molecule is CC(C)NCc1cn(-c2cc(Cl)cc(C(F)(F)F)c2)nn1. The first-order valence-corrected chi connectivity index (χ1v) is 6.66. The minimum atomic E-state index is -4.46. The molecule has 0 aliphatic rings. The number of nitrogens with zero attached hydrogens (tertiary/aromatic N) is 3. The molecule has 1 aromatic heterocycles. The van der Waals surface area contributed by atoms with E-state index in [2.05, 4.69) is 15.6 Å². The van der Waals surface area contributed by atoms with Crippen molar-refractivity contribution in [1.82, 2.24) is 20.3 Å². The molecule has 4 nitrogen and oxygen atoms in total. The first-order valence-electron chi connectivity index (χ1n) is 6.28. The van der Waals surface area contributed by atoms with Gasteiger partial charge in [-0.2, -0.15) is 13.2 Å². The first-order chi connectivity index (χ1) is 9.75. The molecule has 0 spiro atoms. The Hall–Kier alpha value is -1.60. The Morgan fingerprint density at radius 3 is 2.62 bits per heavy atom. The zero-order chi connectivity index (χ0) is 15.6. The van der Waals surface area contributed by atoms with Gasteiger partial charge in [-0.1, -0.05) is 30.7 Å². The molecule has 0 aliphatic carbocycles. The van der Waals surface area contributed by atoms with Crippen LogP contribution in [0.2, 0.25) is 5.02 Å². The Bertz CT molecular complexity index is 622. The van der Waals surface area contributed by atoms with Crippen molar-refractivity contribution >= 4 is 11.6 Å². The average molecular weight is 319 g/mol.